The van der Waals surface area contributed by atoms with E-state index in [9.17, 15) is 9.59 Å². The smallest absolute Gasteiger partial charge is 0.232 e. The fourth-order valence-corrected chi connectivity index (χ4v) is 0.491. The number of imide groups is 1. The number of amides is 2. The van der Waals surface area contributed by atoms with Gasteiger partial charge in [-0.1, -0.05) is 0 Å². The van der Waals surface area contributed by atoms with Gasteiger partial charge in [0, 0.05) is 13.2 Å². The number of hydrogen-bond acceptors (Lipinski definition) is 2. The Balaban J connectivity index is 3.62. The maximum Gasteiger partial charge on any atom is 0.232 e. The van der Waals surface area contributed by atoms with Gasteiger partial charge >= 0.3 is 0 Å². The van der Waals surface area contributed by atoms with E-state index in [-0.39, 0.29) is 5.91 Å². The number of hydrogen-bond donors (Lipinski definition) is 0. The van der Waals surface area contributed by atoms with Gasteiger partial charge in [-0.15, -0.1) is 9.24 Å². The molecule has 0 heterocycles. The molecule has 0 rings (SSSR count). The molecule has 8 heavy (non-hydrogen) atoms. The SMILES string of the molecule is CN(C=O)C(=O)CP. The third kappa shape index (κ3) is 2.03. The molecule has 0 saturated carbocycles. The van der Waals surface area contributed by atoms with Crippen LogP contribution in [0.5, 0.6) is 0 Å². The Morgan fingerprint density at radius 2 is 2.38 bits per heavy atom. The zero-order valence-corrected chi connectivity index (χ0v) is 5.78. The predicted molar refractivity (Wildman–Crippen MR) is 33.4 cm³/mol. The monoisotopic (exact) mass is 133 g/mol. The second-order valence-electron chi connectivity index (χ2n) is 1.31. The maximum atomic E-state index is 10.4. The molecule has 1 atom stereocenters. The number of carbonyl (C=O) groups excluding carboxylic acids is 2. The summed E-state index contributed by atoms with van der Waals surface area (Å²) >= 11 is 0. The lowest BCUT2D eigenvalue weighted by atomic mass is 10.6. The van der Waals surface area contributed by atoms with E-state index in [1.165, 1.54) is 7.05 Å². The van der Waals surface area contributed by atoms with Crippen LogP contribution in [0.3, 0.4) is 0 Å². The Hall–Kier alpha value is -0.430. The van der Waals surface area contributed by atoms with Crippen LogP contribution >= 0.6 is 9.24 Å². The highest BCUT2D eigenvalue weighted by Gasteiger charge is 2.00. The van der Waals surface area contributed by atoms with Crippen molar-refractivity contribution in [3.8, 4) is 0 Å². The van der Waals surface area contributed by atoms with Gasteiger partial charge < -0.3 is 0 Å². The van der Waals surface area contributed by atoms with Crippen molar-refractivity contribution in [3.63, 3.8) is 0 Å². The van der Waals surface area contributed by atoms with Crippen LogP contribution in [0.25, 0.3) is 0 Å². The standard InChI is InChI=1S/C4H8NO2P/c1-5(3-6)4(7)2-8/h3H,2,8H2,1H3. The van der Waals surface area contributed by atoms with Crippen LogP contribution in [-0.2, 0) is 9.59 Å². The summed E-state index contributed by atoms with van der Waals surface area (Å²) in [6, 6.07) is 0. The van der Waals surface area contributed by atoms with Gasteiger partial charge in [-0.2, -0.15) is 0 Å². The average molecular weight is 133 g/mol. The minimum Gasteiger partial charge on any atom is -0.288 e. The summed E-state index contributed by atoms with van der Waals surface area (Å²) in [4.78, 5) is 21.2. The topological polar surface area (TPSA) is 37.4 Å². The summed E-state index contributed by atoms with van der Waals surface area (Å²) in [5, 5.41) is 0. The van der Waals surface area contributed by atoms with Gasteiger partial charge in [-0.25, -0.2) is 0 Å². The van der Waals surface area contributed by atoms with E-state index in [1.807, 2.05) is 0 Å². The van der Waals surface area contributed by atoms with Crippen molar-refractivity contribution in [1.82, 2.24) is 4.90 Å². The highest BCUT2D eigenvalue weighted by molar-refractivity contribution is 7.18. The van der Waals surface area contributed by atoms with E-state index in [1.54, 1.807) is 0 Å². The van der Waals surface area contributed by atoms with Crippen LogP contribution in [0.15, 0.2) is 0 Å². The van der Waals surface area contributed by atoms with Crippen molar-refractivity contribution < 1.29 is 9.59 Å². The second-order valence-corrected chi connectivity index (χ2v) is 1.72. The number of carbonyl (C=O) groups is 2. The van der Waals surface area contributed by atoms with Gasteiger partial charge in [0.15, 0.2) is 0 Å². The normalized spacial score (nSPS) is 8.25. The Morgan fingerprint density at radius 3 is 2.50 bits per heavy atom. The molecule has 0 aromatic carbocycles. The summed E-state index contributed by atoms with van der Waals surface area (Å²) < 4.78 is 0. The Bertz CT molecular complexity index is 104. The summed E-state index contributed by atoms with van der Waals surface area (Å²) in [7, 11) is 3.67. The molecule has 0 bridgehead atoms. The van der Waals surface area contributed by atoms with Gasteiger partial charge in [0.2, 0.25) is 12.3 Å². The molecule has 46 valence electrons. The molecule has 0 radical (unpaired) electrons. The first-order valence-corrected chi connectivity index (χ1v) is 2.95. The van der Waals surface area contributed by atoms with E-state index < -0.39 is 0 Å². The Labute approximate surface area is 50.2 Å². The van der Waals surface area contributed by atoms with Crippen LogP contribution in [0, 0.1) is 0 Å². The molecule has 0 spiro atoms. The van der Waals surface area contributed by atoms with Gasteiger partial charge in [-0.05, 0) is 0 Å². The minimum atomic E-state index is -0.190. The summed E-state index contributed by atoms with van der Waals surface area (Å²) in [6.07, 6.45) is 0.793. The van der Waals surface area contributed by atoms with Crippen molar-refractivity contribution in [3.05, 3.63) is 0 Å². The molecule has 2 amide bonds. The van der Waals surface area contributed by atoms with Gasteiger partial charge in [0.05, 0.1) is 0 Å². The van der Waals surface area contributed by atoms with E-state index in [0.29, 0.717) is 12.6 Å². The van der Waals surface area contributed by atoms with Crippen LogP contribution in [0.1, 0.15) is 0 Å². The average Bonchev–Trinajstić information content (AvgIpc) is 1.84. The molecule has 3 nitrogen and oxygen atoms in total. The highest BCUT2D eigenvalue weighted by Crippen LogP contribution is 1.84. The fraction of sp³-hybridized carbons (Fsp3) is 0.500. The zero-order valence-electron chi connectivity index (χ0n) is 4.63. The summed E-state index contributed by atoms with van der Waals surface area (Å²) in [5.74, 6) is -0.190. The molecule has 0 saturated heterocycles. The number of nitrogens with zero attached hydrogens (tertiary/aromatic N) is 1. The predicted octanol–water partition coefficient (Wildman–Crippen LogP) is -0.524. The second kappa shape index (κ2) is 3.56. The highest BCUT2D eigenvalue weighted by atomic mass is 31.0. The molecular weight excluding hydrogens is 125 g/mol. The van der Waals surface area contributed by atoms with Gasteiger partial charge in [-0.3, -0.25) is 14.5 Å². The van der Waals surface area contributed by atoms with E-state index in [2.05, 4.69) is 9.24 Å². The molecule has 0 N–H and O–H groups in total. The third-order valence-corrected chi connectivity index (χ3v) is 1.08. The van der Waals surface area contributed by atoms with Gasteiger partial charge in [0.25, 0.3) is 0 Å². The van der Waals surface area contributed by atoms with E-state index >= 15 is 0 Å². The quantitative estimate of drug-likeness (QED) is 0.375. The largest absolute Gasteiger partial charge is 0.288 e. The van der Waals surface area contributed by atoms with Crippen molar-refractivity contribution in [2.45, 2.75) is 0 Å². The fourth-order valence-electron chi connectivity index (χ4n) is 0.203. The Kier molecular flexibility index (Phi) is 3.37. The summed E-state index contributed by atoms with van der Waals surface area (Å²) in [6.45, 7) is 0. The molecule has 0 aromatic heterocycles. The van der Waals surface area contributed by atoms with Gasteiger partial charge in [0.1, 0.15) is 0 Å². The minimum absolute atomic E-state index is 0.190. The van der Waals surface area contributed by atoms with Crippen LogP contribution in [-0.4, -0.2) is 30.4 Å². The molecule has 0 aliphatic carbocycles. The molecular formula is C4H8NO2P. The molecule has 0 fully saturated rings. The molecule has 1 unspecified atom stereocenters. The number of rotatable bonds is 2. The lowest BCUT2D eigenvalue weighted by molar-refractivity contribution is -0.134. The van der Waals surface area contributed by atoms with Crippen molar-refractivity contribution >= 4 is 21.6 Å². The Morgan fingerprint density at radius 1 is 1.88 bits per heavy atom. The molecule has 4 heteroatoms. The first-order chi connectivity index (χ1) is 3.72. The first-order valence-electron chi connectivity index (χ1n) is 2.13. The van der Waals surface area contributed by atoms with Crippen LogP contribution in [0.4, 0.5) is 0 Å². The first kappa shape index (κ1) is 7.57. The van der Waals surface area contributed by atoms with Crippen molar-refractivity contribution in [1.29, 1.82) is 0 Å². The van der Waals surface area contributed by atoms with E-state index in [4.69, 9.17) is 0 Å². The molecule has 0 aromatic rings. The van der Waals surface area contributed by atoms with E-state index in [0.717, 1.165) is 4.90 Å². The summed E-state index contributed by atoms with van der Waals surface area (Å²) in [5.41, 5.74) is 0. The van der Waals surface area contributed by atoms with Crippen molar-refractivity contribution in [2.24, 2.45) is 0 Å². The lowest BCUT2D eigenvalue weighted by Crippen LogP contribution is -2.25. The van der Waals surface area contributed by atoms with Crippen LogP contribution in [0.2, 0.25) is 0 Å². The van der Waals surface area contributed by atoms with Crippen molar-refractivity contribution in [2.75, 3.05) is 13.2 Å². The molecule has 0 aliphatic heterocycles. The zero-order chi connectivity index (χ0) is 6.57. The molecule has 0 aliphatic rings. The lowest BCUT2D eigenvalue weighted by Gasteiger charge is -2.03. The van der Waals surface area contributed by atoms with Crippen LogP contribution < -0.4 is 0 Å². The third-order valence-electron chi connectivity index (χ3n) is 0.726. The maximum absolute atomic E-state index is 10.4.